The van der Waals surface area contributed by atoms with Crippen molar-refractivity contribution in [3.8, 4) is 0 Å². The summed E-state index contributed by atoms with van der Waals surface area (Å²) in [4.78, 5) is 11.2. The normalized spacial score (nSPS) is 10.1. The van der Waals surface area contributed by atoms with Gasteiger partial charge in [0.05, 0.1) is 0 Å². The highest BCUT2D eigenvalue weighted by molar-refractivity contribution is 5.75. The van der Waals surface area contributed by atoms with Crippen LogP contribution in [0.2, 0.25) is 0 Å². The van der Waals surface area contributed by atoms with Gasteiger partial charge in [0.15, 0.2) is 0 Å². The first-order valence-corrected chi connectivity index (χ1v) is 7.36. The zero-order chi connectivity index (χ0) is 14.9. The molecule has 0 aliphatic carbocycles. The van der Waals surface area contributed by atoms with Crippen molar-refractivity contribution in [2.75, 3.05) is 18.9 Å². The summed E-state index contributed by atoms with van der Waals surface area (Å²) in [6.07, 6.45) is 2.31. The summed E-state index contributed by atoms with van der Waals surface area (Å²) in [6, 6.07) is 18.8. The summed E-state index contributed by atoms with van der Waals surface area (Å²) in [6.45, 7) is 0.805. The third-order valence-electron chi connectivity index (χ3n) is 3.43. The smallest absolute Gasteiger partial charge is 0.219 e. The van der Waals surface area contributed by atoms with Gasteiger partial charge in [-0.05, 0) is 30.0 Å². The summed E-state index contributed by atoms with van der Waals surface area (Å²) in [5.74, 6) is 0.0920. The molecule has 21 heavy (non-hydrogen) atoms. The van der Waals surface area contributed by atoms with E-state index in [1.165, 1.54) is 11.1 Å². The maximum Gasteiger partial charge on any atom is 0.219 e. The average molecular weight is 282 g/mol. The number of para-hydroxylation sites is 1. The van der Waals surface area contributed by atoms with Crippen LogP contribution in [0.25, 0.3) is 0 Å². The number of benzene rings is 2. The molecular formula is C18H22N2O. The van der Waals surface area contributed by atoms with Crippen LogP contribution in [0.1, 0.15) is 24.0 Å². The van der Waals surface area contributed by atoms with Gasteiger partial charge >= 0.3 is 0 Å². The predicted molar refractivity (Wildman–Crippen MR) is 87.5 cm³/mol. The summed E-state index contributed by atoms with van der Waals surface area (Å²) in [5, 5.41) is 6.07. The van der Waals surface area contributed by atoms with E-state index in [-0.39, 0.29) is 5.91 Å². The first kappa shape index (κ1) is 15.1. The topological polar surface area (TPSA) is 41.1 Å². The van der Waals surface area contributed by atoms with Crippen molar-refractivity contribution < 1.29 is 4.79 Å². The van der Waals surface area contributed by atoms with E-state index >= 15 is 0 Å². The third-order valence-corrected chi connectivity index (χ3v) is 3.43. The molecule has 0 fully saturated rings. The van der Waals surface area contributed by atoms with Crippen LogP contribution >= 0.6 is 0 Å². The minimum absolute atomic E-state index is 0.0920. The monoisotopic (exact) mass is 282 g/mol. The number of hydrogen-bond donors (Lipinski definition) is 2. The third kappa shape index (κ3) is 4.95. The van der Waals surface area contributed by atoms with E-state index in [0.717, 1.165) is 25.1 Å². The largest absolute Gasteiger partial charge is 0.385 e. The van der Waals surface area contributed by atoms with Crippen molar-refractivity contribution in [2.24, 2.45) is 0 Å². The van der Waals surface area contributed by atoms with Crippen molar-refractivity contribution in [1.82, 2.24) is 5.32 Å². The Bertz CT molecular complexity index is 566. The second-order valence-electron chi connectivity index (χ2n) is 5.02. The second-order valence-corrected chi connectivity index (χ2v) is 5.02. The molecule has 0 unspecified atom stereocenters. The van der Waals surface area contributed by atoms with Crippen LogP contribution in [0.3, 0.4) is 0 Å². The Kier molecular flexibility index (Phi) is 5.83. The SMILES string of the molecule is CNC(=O)CCCNc1ccccc1Cc1ccccc1. The Morgan fingerprint density at radius 2 is 1.71 bits per heavy atom. The van der Waals surface area contributed by atoms with Crippen LogP contribution in [-0.2, 0) is 11.2 Å². The zero-order valence-corrected chi connectivity index (χ0v) is 12.4. The molecule has 2 aromatic carbocycles. The van der Waals surface area contributed by atoms with Crippen LogP contribution in [0.15, 0.2) is 54.6 Å². The highest BCUT2D eigenvalue weighted by atomic mass is 16.1. The number of carbonyl (C=O) groups is 1. The fraction of sp³-hybridized carbons (Fsp3) is 0.278. The minimum Gasteiger partial charge on any atom is -0.385 e. The summed E-state index contributed by atoms with van der Waals surface area (Å²) >= 11 is 0. The first-order chi connectivity index (χ1) is 10.3. The Labute approximate surface area is 126 Å². The molecule has 2 N–H and O–H groups in total. The predicted octanol–water partition coefficient (Wildman–Crippen LogP) is 3.22. The van der Waals surface area contributed by atoms with E-state index < -0.39 is 0 Å². The lowest BCUT2D eigenvalue weighted by Gasteiger charge is -2.12. The van der Waals surface area contributed by atoms with Gasteiger partial charge in [0.25, 0.3) is 0 Å². The molecule has 0 saturated carbocycles. The van der Waals surface area contributed by atoms with E-state index in [2.05, 4.69) is 53.1 Å². The molecule has 0 bridgehead atoms. The Morgan fingerprint density at radius 3 is 2.48 bits per heavy atom. The molecule has 2 aromatic rings. The molecule has 110 valence electrons. The molecule has 0 aliphatic heterocycles. The standard InChI is InChI=1S/C18H22N2O/c1-19-18(21)12-7-13-20-17-11-6-5-10-16(17)14-15-8-3-2-4-9-15/h2-6,8-11,20H,7,12-14H2,1H3,(H,19,21). The maximum absolute atomic E-state index is 11.2. The van der Waals surface area contributed by atoms with Crippen LogP contribution in [0.4, 0.5) is 5.69 Å². The molecule has 0 radical (unpaired) electrons. The summed E-state index contributed by atoms with van der Waals surface area (Å²) < 4.78 is 0. The zero-order valence-electron chi connectivity index (χ0n) is 12.4. The van der Waals surface area contributed by atoms with Crippen LogP contribution < -0.4 is 10.6 Å². The quantitative estimate of drug-likeness (QED) is 0.766. The number of nitrogens with one attached hydrogen (secondary N) is 2. The van der Waals surface area contributed by atoms with E-state index in [1.807, 2.05) is 12.1 Å². The highest BCUT2D eigenvalue weighted by Crippen LogP contribution is 2.19. The van der Waals surface area contributed by atoms with E-state index in [9.17, 15) is 4.79 Å². The molecule has 2 rings (SSSR count). The molecule has 3 nitrogen and oxygen atoms in total. The van der Waals surface area contributed by atoms with Gasteiger partial charge in [-0.3, -0.25) is 4.79 Å². The summed E-state index contributed by atoms with van der Waals surface area (Å²) in [5.41, 5.74) is 3.74. The molecule has 0 spiro atoms. The number of carbonyl (C=O) groups excluding carboxylic acids is 1. The number of anilines is 1. The van der Waals surface area contributed by atoms with Gasteiger partial charge < -0.3 is 10.6 Å². The molecule has 0 atom stereocenters. The Morgan fingerprint density at radius 1 is 1.00 bits per heavy atom. The lowest BCUT2D eigenvalue weighted by atomic mass is 10.0. The van der Waals surface area contributed by atoms with Gasteiger partial charge in [0, 0.05) is 25.7 Å². The van der Waals surface area contributed by atoms with E-state index in [4.69, 9.17) is 0 Å². The van der Waals surface area contributed by atoms with Crippen molar-refractivity contribution in [3.05, 3.63) is 65.7 Å². The maximum atomic E-state index is 11.2. The number of hydrogen-bond acceptors (Lipinski definition) is 2. The fourth-order valence-corrected chi connectivity index (χ4v) is 2.26. The van der Waals surface area contributed by atoms with E-state index in [1.54, 1.807) is 7.05 Å². The molecule has 1 amide bonds. The average Bonchev–Trinajstić information content (AvgIpc) is 2.53. The molecule has 3 heteroatoms. The lowest BCUT2D eigenvalue weighted by Crippen LogP contribution is -2.18. The van der Waals surface area contributed by atoms with Gasteiger partial charge in [-0.15, -0.1) is 0 Å². The molecule has 0 aliphatic rings. The minimum atomic E-state index is 0.0920. The van der Waals surface area contributed by atoms with Crippen molar-refractivity contribution in [2.45, 2.75) is 19.3 Å². The van der Waals surface area contributed by atoms with Gasteiger partial charge in [0.1, 0.15) is 0 Å². The van der Waals surface area contributed by atoms with Gasteiger partial charge in [0.2, 0.25) is 5.91 Å². The number of amides is 1. The summed E-state index contributed by atoms with van der Waals surface area (Å²) in [7, 11) is 1.67. The fourth-order valence-electron chi connectivity index (χ4n) is 2.26. The lowest BCUT2D eigenvalue weighted by molar-refractivity contribution is -0.120. The van der Waals surface area contributed by atoms with Crippen LogP contribution in [0.5, 0.6) is 0 Å². The molecule has 0 heterocycles. The number of rotatable bonds is 7. The van der Waals surface area contributed by atoms with Gasteiger partial charge in [-0.2, -0.15) is 0 Å². The van der Waals surface area contributed by atoms with Crippen LogP contribution in [0, 0.1) is 0 Å². The van der Waals surface area contributed by atoms with E-state index in [0.29, 0.717) is 6.42 Å². The van der Waals surface area contributed by atoms with Crippen molar-refractivity contribution >= 4 is 11.6 Å². The second kappa shape index (κ2) is 8.10. The van der Waals surface area contributed by atoms with Gasteiger partial charge in [-0.25, -0.2) is 0 Å². The molecule has 0 saturated heterocycles. The first-order valence-electron chi connectivity index (χ1n) is 7.36. The molecule has 0 aromatic heterocycles. The highest BCUT2D eigenvalue weighted by Gasteiger charge is 2.03. The van der Waals surface area contributed by atoms with Crippen molar-refractivity contribution in [3.63, 3.8) is 0 Å². The van der Waals surface area contributed by atoms with Crippen molar-refractivity contribution in [1.29, 1.82) is 0 Å². The Balaban J connectivity index is 1.92. The Hall–Kier alpha value is -2.29. The molecular weight excluding hydrogens is 260 g/mol. The van der Waals surface area contributed by atoms with Gasteiger partial charge in [-0.1, -0.05) is 48.5 Å². The van der Waals surface area contributed by atoms with Crippen LogP contribution in [-0.4, -0.2) is 19.5 Å².